The molecule has 0 aliphatic heterocycles. The molecule has 1 N–H and O–H groups in total. The summed E-state index contributed by atoms with van der Waals surface area (Å²) in [4.78, 5) is 16.8. The molecule has 4 aromatic rings. The standard InChI is InChI=1S/C28H27N5O2/c1-20-14-24(21(2)33(20)26-8-10-27(35-3)11-9-26)15-25(16-29)28(34)31-17-22-4-6-23(7-5-22)18-32-13-12-30-19-32/h4-15,19H,17-18H2,1-3H3,(H,31,34)/b25-15+. The van der Waals surface area contributed by atoms with Crippen molar-refractivity contribution in [3.8, 4) is 17.5 Å². The molecule has 176 valence electrons. The van der Waals surface area contributed by atoms with Crippen LogP contribution in [0.1, 0.15) is 28.1 Å². The van der Waals surface area contributed by atoms with Crippen LogP contribution in [-0.4, -0.2) is 27.1 Å². The maximum atomic E-state index is 12.7. The summed E-state index contributed by atoms with van der Waals surface area (Å²) in [6, 6.07) is 19.8. The monoisotopic (exact) mass is 465 g/mol. The van der Waals surface area contributed by atoms with Gasteiger partial charge in [0.1, 0.15) is 17.4 Å². The zero-order chi connectivity index (χ0) is 24.8. The largest absolute Gasteiger partial charge is 0.497 e. The fourth-order valence-corrected chi connectivity index (χ4v) is 4.00. The van der Waals surface area contributed by atoms with E-state index in [1.54, 1.807) is 25.7 Å². The van der Waals surface area contributed by atoms with Gasteiger partial charge in [0.05, 0.1) is 13.4 Å². The number of hydrogen-bond donors (Lipinski definition) is 1. The average Bonchev–Trinajstić information content (AvgIpc) is 3.49. The van der Waals surface area contributed by atoms with Gasteiger partial charge in [0.2, 0.25) is 0 Å². The summed E-state index contributed by atoms with van der Waals surface area (Å²) >= 11 is 0. The molecule has 2 heterocycles. The van der Waals surface area contributed by atoms with Crippen LogP contribution in [0.3, 0.4) is 0 Å². The highest BCUT2D eigenvalue weighted by Crippen LogP contribution is 2.24. The number of aryl methyl sites for hydroxylation is 1. The first-order chi connectivity index (χ1) is 17.0. The summed E-state index contributed by atoms with van der Waals surface area (Å²) in [6.07, 6.45) is 7.09. The van der Waals surface area contributed by atoms with Crippen molar-refractivity contribution in [3.05, 3.63) is 107 Å². The zero-order valence-electron chi connectivity index (χ0n) is 20.0. The van der Waals surface area contributed by atoms with Crippen molar-refractivity contribution in [2.45, 2.75) is 26.9 Å². The smallest absolute Gasteiger partial charge is 0.262 e. The van der Waals surface area contributed by atoms with Gasteiger partial charge in [0, 0.05) is 42.6 Å². The number of hydrogen-bond acceptors (Lipinski definition) is 4. The van der Waals surface area contributed by atoms with Gasteiger partial charge in [-0.05, 0) is 66.9 Å². The van der Waals surface area contributed by atoms with Crippen molar-refractivity contribution >= 4 is 12.0 Å². The lowest BCUT2D eigenvalue weighted by atomic mass is 10.1. The molecule has 0 fully saturated rings. The third-order valence-corrected chi connectivity index (χ3v) is 5.87. The quantitative estimate of drug-likeness (QED) is 0.305. The number of amides is 1. The Balaban J connectivity index is 1.44. The molecule has 7 nitrogen and oxygen atoms in total. The van der Waals surface area contributed by atoms with Crippen molar-refractivity contribution in [1.82, 2.24) is 19.4 Å². The van der Waals surface area contributed by atoms with Crippen LogP contribution in [0.25, 0.3) is 11.8 Å². The zero-order valence-corrected chi connectivity index (χ0v) is 20.0. The van der Waals surface area contributed by atoms with E-state index in [-0.39, 0.29) is 5.57 Å². The van der Waals surface area contributed by atoms with Crippen LogP contribution in [-0.2, 0) is 17.9 Å². The van der Waals surface area contributed by atoms with Gasteiger partial charge >= 0.3 is 0 Å². The van der Waals surface area contributed by atoms with Gasteiger partial charge in [-0.1, -0.05) is 24.3 Å². The number of nitrogens with zero attached hydrogens (tertiary/aromatic N) is 4. The van der Waals surface area contributed by atoms with E-state index in [0.717, 1.165) is 46.1 Å². The molecule has 0 atom stereocenters. The van der Waals surface area contributed by atoms with Gasteiger partial charge in [-0.15, -0.1) is 0 Å². The van der Waals surface area contributed by atoms with Crippen molar-refractivity contribution in [3.63, 3.8) is 0 Å². The Morgan fingerprint density at radius 1 is 1.11 bits per heavy atom. The predicted molar refractivity (Wildman–Crippen MR) is 135 cm³/mol. The molecule has 0 aliphatic carbocycles. The number of rotatable bonds is 8. The van der Waals surface area contributed by atoms with Crippen molar-refractivity contribution < 1.29 is 9.53 Å². The maximum Gasteiger partial charge on any atom is 0.262 e. The molecule has 4 rings (SSSR count). The maximum absolute atomic E-state index is 12.7. The molecule has 0 spiro atoms. The third kappa shape index (κ3) is 5.50. The fraction of sp³-hybridized carbons (Fsp3) is 0.179. The Labute approximate surface area is 204 Å². The first kappa shape index (κ1) is 23.6. The van der Waals surface area contributed by atoms with Crippen LogP contribution in [0.15, 0.2) is 78.9 Å². The second-order valence-corrected chi connectivity index (χ2v) is 8.26. The van der Waals surface area contributed by atoms with E-state index in [4.69, 9.17) is 4.74 Å². The van der Waals surface area contributed by atoms with Gasteiger partial charge in [-0.2, -0.15) is 5.26 Å². The minimum absolute atomic E-state index is 0.0664. The summed E-state index contributed by atoms with van der Waals surface area (Å²) in [5, 5.41) is 12.5. The number of carbonyl (C=O) groups excluding carboxylic acids is 1. The molecular weight excluding hydrogens is 438 g/mol. The Morgan fingerprint density at radius 3 is 2.46 bits per heavy atom. The van der Waals surface area contributed by atoms with Gasteiger partial charge in [0.15, 0.2) is 0 Å². The fourth-order valence-electron chi connectivity index (χ4n) is 4.00. The van der Waals surface area contributed by atoms with Crippen molar-refractivity contribution in [2.75, 3.05) is 7.11 Å². The Bertz CT molecular complexity index is 1370. The molecule has 0 unspecified atom stereocenters. The van der Waals surface area contributed by atoms with Crippen molar-refractivity contribution in [1.29, 1.82) is 5.26 Å². The Hall–Kier alpha value is -4.57. The van der Waals surface area contributed by atoms with Gasteiger partial charge in [0.25, 0.3) is 5.91 Å². The third-order valence-electron chi connectivity index (χ3n) is 5.87. The highest BCUT2D eigenvalue weighted by Gasteiger charge is 2.14. The summed E-state index contributed by atoms with van der Waals surface area (Å²) in [5.74, 6) is 0.386. The Kier molecular flexibility index (Phi) is 7.12. The second kappa shape index (κ2) is 10.6. The number of imidazole rings is 1. The lowest BCUT2D eigenvalue weighted by Crippen LogP contribution is -2.24. The number of aromatic nitrogens is 3. The number of benzene rings is 2. The lowest BCUT2D eigenvalue weighted by molar-refractivity contribution is -0.117. The minimum atomic E-state index is -0.399. The first-order valence-corrected chi connectivity index (χ1v) is 11.3. The van der Waals surface area contributed by atoms with Crippen molar-refractivity contribution in [2.24, 2.45) is 0 Å². The molecule has 0 bridgehead atoms. The second-order valence-electron chi connectivity index (χ2n) is 8.26. The lowest BCUT2D eigenvalue weighted by Gasteiger charge is -2.10. The molecular formula is C28H27N5O2. The van der Waals surface area contributed by atoms with Crippen LogP contribution in [0.2, 0.25) is 0 Å². The number of nitrogens with one attached hydrogen (secondary N) is 1. The highest BCUT2D eigenvalue weighted by molar-refractivity contribution is 6.01. The first-order valence-electron chi connectivity index (χ1n) is 11.3. The van der Waals surface area contributed by atoms with E-state index < -0.39 is 5.91 Å². The van der Waals surface area contributed by atoms with E-state index in [1.807, 2.05) is 85.3 Å². The summed E-state index contributed by atoms with van der Waals surface area (Å²) in [7, 11) is 1.64. The van der Waals surface area contributed by atoms with E-state index in [0.29, 0.717) is 6.54 Å². The molecule has 1 amide bonds. The molecule has 0 radical (unpaired) electrons. The number of carbonyl (C=O) groups is 1. The highest BCUT2D eigenvalue weighted by atomic mass is 16.5. The SMILES string of the molecule is COc1ccc(-n2c(C)cc(/C=C(\C#N)C(=O)NCc3ccc(Cn4ccnc4)cc3)c2C)cc1. The molecule has 2 aromatic heterocycles. The Morgan fingerprint density at radius 2 is 1.83 bits per heavy atom. The van der Waals surface area contributed by atoms with Crippen LogP contribution in [0.5, 0.6) is 5.75 Å². The molecule has 0 aliphatic rings. The topological polar surface area (TPSA) is 84.9 Å². The number of nitriles is 1. The van der Waals surface area contributed by atoms with E-state index in [9.17, 15) is 10.1 Å². The van der Waals surface area contributed by atoms with E-state index in [2.05, 4.69) is 14.9 Å². The van der Waals surface area contributed by atoms with Crippen LogP contribution in [0, 0.1) is 25.2 Å². The van der Waals surface area contributed by atoms with Crippen LogP contribution in [0.4, 0.5) is 0 Å². The summed E-state index contributed by atoms with van der Waals surface area (Å²) in [5.41, 5.74) is 5.94. The van der Waals surface area contributed by atoms with E-state index >= 15 is 0 Å². The molecule has 0 saturated carbocycles. The predicted octanol–water partition coefficient (Wildman–Crippen LogP) is 4.57. The van der Waals surface area contributed by atoms with Crippen LogP contribution < -0.4 is 10.1 Å². The summed E-state index contributed by atoms with van der Waals surface area (Å²) in [6.45, 7) is 5.05. The minimum Gasteiger partial charge on any atom is -0.497 e. The number of ether oxygens (including phenoxy) is 1. The van der Waals surface area contributed by atoms with Gasteiger partial charge in [-0.3, -0.25) is 4.79 Å². The molecule has 0 saturated heterocycles. The van der Waals surface area contributed by atoms with Gasteiger partial charge in [-0.25, -0.2) is 4.98 Å². The molecule has 7 heteroatoms. The van der Waals surface area contributed by atoms with Gasteiger partial charge < -0.3 is 19.2 Å². The molecule has 2 aromatic carbocycles. The van der Waals surface area contributed by atoms with Crippen LogP contribution >= 0.6 is 0 Å². The number of methoxy groups -OCH3 is 1. The average molecular weight is 466 g/mol. The van der Waals surface area contributed by atoms with E-state index in [1.165, 1.54) is 0 Å². The molecule has 35 heavy (non-hydrogen) atoms. The summed E-state index contributed by atoms with van der Waals surface area (Å²) < 4.78 is 9.32. The normalized spacial score (nSPS) is 11.2.